The van der Waals surface area contributed by atoms with Crippen LogP contribution in [0.15, 0.2) is 0 Å². The van der Waals surface area contributed by atoms with Crippen molar-refractivity contribution >= 4 is 5.78 Å². The van der Waals surface area contributed by atoms with Gasteiger partial charge in [-0.15, -0.1) is 0 Å². The van der Waals surface area contributed by atoms with E-state index in [0.717, 1.165) is 25.2 Å². The molecule has 2 atom stereocenters. The van der Waals surface area contributed by atoms with Crippen LogP contribution in [0.1, 0.15) is 79.1 Å². The van der Waals surface area contributed by atoms with Gasteiger partial charge in [-0.3, -0.25) is 4.79 Å². The number of hydrogen-bond donors (Lipinski definition) is 0. The molecular weight excluding hydrogens is 248 g/mol. The molecule has 0 aliphatic heterocycles. The molecule has 0 amide bonds. The predicted octanol–water partition coefficient (Wildman–Crippen LogP) is 5.00. The van der Waals surface area contributed by atoms with Crippen molar-refractivity contribution in [2.24, 2.45) is 17.8 Å². The molecule has 1 saturated carbocycles. The molecule has 118 valence electrons. The van der Waals surface area contributed by atoms with Crippen LogP contribution in [0.3, 0.4) is 0 Å². The fourth-order valence-corrected chi connectivity index (χ4v) is 3.87. The Morgan fingerprint density at radius 3 is 2.15 bits per heavy atom. The van der Waals surface area contributed by atoms with Crippen LogP contribution in [0.5, 0.6) is 0 Å². The number of rotatable bonds is 9. The second-order valence-corrected chi connectivity index (χ2v) is 7.15. The number of carbonyl (C=O) groups is 1. The molecule has 20 heavy (non-hydrogen) atoms. The van der Waals surface area contributed by atoms with Crippen LogP contribution in [0.4, 0.5) is 0 Å². The van der Waals surface area contributed by atoms with E-state index in [2.05, 4.69) is 27.7 Å². The van der Waals surface area contributed by atoms with Gasteiger partial charge in [-0.2, -0.15) is 0 Å². The van der Waals surface area contributed by atoms with E-state index in [4.69, 9.17) is 4.74 Å². The van der Waals surface area contributed by atoms with Gasteiger partial charge in [0.25, 0.3) is 0 Å². The van der Waals surface area contributed by atoms with Crippen molar-refractivity contribution in [3.05, 3.63) is 0 Å². The molecule has 1 aliphatic rings. The van der Waals surface area contributed by atoms with E-state index in [1.807, 2.05) is 0 Å². The number of Topliss-reactive ketones (excluding diaryl/α,β-unsaturated/α-hetero) is 1. The first-order valence-corrected chi connectivity index (χ1v) is 8.53. The van der Waals surface area contributed by atoms with Gasteiger partial charge in [0.05, 0.1) is 0 Å². The Labute approximate surface area is 125 Å². The topological polar surface area (TPSA) is 26.3 Å². The van der Waals surface area contributed by atoms with Crippen molar-refractivity contribution < 1.29 is 9.53 Å². The maximum absolute atomic E-state index is 12.6. The summed E-state index contributed by atoms with van der Waals surface area (Å²) in [5.41, 5.74) is -0.488. The number of carbonyl (C=O) groups excluding carboxylic acids is 1. The fourth-order valence-electron chi connectivity index (χ4n) is 3.87. The molecule has 1 aliphatic carbocycles. The van der Waals surface area contributed by atoms with Crippen LogP contribution in [-0.2, 0) is 9.53 Å². The van der Waals surface area contributed by atoms with Crippen molar-refractivity contribution in [1.29, 1.82) is 0 Å². The Balaban J connectivity index is 2.34. The highest BCUT2D eigenvalue weighted by atomic mass is 16.5. The van der Waals surface area contributed by atoms with Crippen LogP contribution in [0.25, 0.3) is 0 Å². The average molecular weight is 282 g/mol. The first-order chi connectivity index (χ1) is 9.45. The van der Waals surface area contributed by atoms with Crippen molar-refractivity contribution in [2.45, 2.75) is 84.7 Å². The van der Waals surface area contributed by atoms with Crippen molar-refractivity contribution in [1.82, 2.24) is 0 Å². The van der Waals surface area contributed by atoms with Gasteiger partial charge in [-0.25, -0.2) is 0 Å². The summed E-state index contributed by atoms with van der Waals surface area (Å²) >= 11 is 0. The largest absolute Gasteiger partial charge is 0.370 e. The van der Waals surface area contributed by atoms with Crippen LogP contribution in [0, 0.1) is 17.8 Å². The Kier molecular flexibility index (Phi) is 7.22. The summed E-state index contributed by atoms with van der Waals surface area (Å²) in [5, 5.41) is 0. The lowest BCUT2D eigenvalue weighted by atomic mass is 9.80. The zero-order valence-electron chi connectivity index (χ0n) is 14.2. The molecule has 0 aromatic rings. The molecule has 0 saturated heterocycles. The van der Waals surface area contributed by atoms with E-state index >= 15 is 0 Å². The molecule has 0 aromatic carbocycles. The minimum absolute atomic E-state index is 0.348. The van der Waals surface area contributed by atoms with E-state index in [0.29, 0.717) is 24.0 Å². The zero-order valence-corrected chi connectivity index (χ0v) is 14.2. The summed E-state index contributed by atoms with van der Waals surface area (Å²) < 4.78 is 5.75. The lowest BCUT2D eigenvalue weighted by Gasteiger charge is -2.35. The number of ether oxygens (including phenoxy) is 1. The quantitative estimate of drug-likeness (QED) is 0.556. The molecule has 0 spiro atoms. The van der Waals surface area contributed by atoms with E-state index < -0.39 is 5.60 Å². The fraction of sp³-hybridized carbons (Fsp3) is 0.944. The van der Waals surface area contributed by atoms with Gasteiger partial charge in [0.1, 0.15) is 5.60 Å². The summed E-state index contributed by atoms with van der Waals surface area (Å²) in [6.45, 7) is 8.89. The molecule has 0 bridgehead atoms. The van der Waals surface area contributed by atoms with Crippen LogP contribution in [-0.4, -0.2) is 18.5 Å². The second-order valence-electron chi connectivity index (χ2n) is 7.15. The molecule has 0 radical (unpaired) electrons. The summed E-state index contributed by atoms with van der Waals surface area (Å²) in [4.78, 5) is 12.6. The first kappa shape index (κ1) is 17.7. The monoisotopic (exact) mass is 282 g/mol. The van der Waals surface area contributed by atoms with Crippen LogP contribution >= 0.6 is 0 Å². The van der Waals surface area contributed by atoms with Crippen LogP contribution in [0.2, 0.25) is 0 Å². The highest BCUT2D eigenvalue weighted by Crippen LogP contribution is 2.44. The summed E-state index contributed by atoms with van der Waals surface area (Å²) in [5.74, 6) is 1.89. The smallest absolute Gasteiger partial charge is 0.165 e. The lowest BCUT2D eigenvalue weighted by molar-refractivity contribution is -0.150. The molecule has 0 N–H and O–H groups in total. The van der Waals surface area contributed by atoms with Gasteiger partial charge in [-0.05, 0) is 37.0 Å². The predicted molar refractivity (Wildman–Crippen MR) is 84.8 cm³/mol. The Bertz CT molecular complexity index is 286. The van der Waals surface area contributed by atoms with Crippen molar-refractivity contribution in [3.63, 3.8) is 0 Å². The lowest BCUT2D eigenvalue weighted by Crippen LogP contribution is -2.47. The third kappa shape index (κ3) is 4.07. The highest BCUT2D eigenvalue weighted by Gasteiger charge is 2.51. The first-order valence-electron chi connectivity index (χ1n) is 8.53. The third-order valence-corrected chi connectivity index (χ3v) is 5.21. The molecule has 0 aromatic heterocycles. The van der Waals surface area contributed by atoms with Crippen LogP contribution < -0.4 is 0 Å². The normalized spacial score (nSPS) is 30.1. The minimum atomic E-state index is -0.488. The molecule has 0 heterocycles. The Hall–Kier alpha value is -0.370. The summed E-state index contributed by atoms with van der Waals surface area (Å²) in [7, 11) is 1.72. The molecule has 2 unspecified atom stereocenters. The molecule has 2 nitrogen and oxygen atoms in total. The molecule has 2 heteroatoms. The molecule has 1 fully saturated rings. The van der Waals surface area contributed by atoms with E-state index in [9.17, 15) is 4.79 Å². The van der Waals surface area contributed by atoms with Gasteiger partial charge >= 0.3 is 0 Å². The SMILES string of the molecule is COC1(C(=O)CCCCCCC(C)C)C(C)CCC1C. The zero-order chi connectivity index (χ0) is 15.2. The summed E-state index contributed by atoms with van der Waals surface area (Å²) in [6.07, 6.45) is 9.02. The standard InChI is InChI=1S/C18H34O2/c1-14(2)10-8-6-7-9-11-17(19)18(20-5)15(3)12-13-16(18)4/h14-16H,6-13H2,1-5H3. The molecule has 1 rings (SSSR count). The highest BCUT2D eigenvalue weighted by molar-refractivity contribution is 5.88. The Morgan fingerprint density at radius 2 is 1.65 bits per heavy atom. The number of methoxy groups -OCH3 is 1. The number of hydrogen-bond acceptors (Lipinski definition) is 2. The van der Waals surface area contributed by atoms with Gasteiger partial charge in [0, 0.05) is 13.5 Å². The Morgan fingerprint density at radius 1 is 1.10 bits per heavy atom. The maximum atomic E-state index is 12.6. The minimum Gasteiger partial charge on any atom is -0.370 e. The second kappa shape index (κ2) is 8.17. The van der Waals surface area contributed by atoms with Crippen molar-refractivity contribution in [2.75, 3.05) is 7.11 Å². The maximum Gasteiger partial charge on any atom is 0.165 e. The summed E-state index contributed by atoms with van der Waals surface area (Å²) in [6, 6.07) is 0. The average Bonchev–Trinajstić information content (AvgIpc) is 2.69. The van der Waals surface area contributed by atoms with Crippen molar-refractivity contribution in [3.8, 4) is 0 Å². The van der Waals surface area contributed by atoms with Gasteiger partial charge < -0.3 is 4.74 Å². The van der Waals surface area contributed by atoms with E-state index in [1.165, 1.54) is 25.7 Å². The van der Waals surface area contributed by atoms with Gasteiger partial charge in [0.2, 0.25) is 0 Å². The number of ketones is 1. The molecular formula is C18H34O2. The van der Waals surface area contributed by atoms with E-state index in [-0.39, 0.29) is 0 Å². The van der Waals surface area contributed by atoms with Gasteiger partial charge in [0.15, 0.2) is 5.78 Å². The number of unbranched alkanes of at least 4 members (excludes halogenated alkanes) is 3. The third-order valence-electron chi connectivity index (χ3n) is 5.21. The van der Waals surface area contributed by atoms with Gasteiger partial charge in [-0.1, -0.05) is 53.4 Å². The van der Waals surface area contributed by atoms with E-state index in [1.54, 1.807) is 7.11 Å².